The molecule has 4 nitrogen and oxygen atoms in total. The topological polar surface area (TPSA) is 46.6 Å². The van der Waals surface area contributed by atoms with E-state index in [0.717, 1.165) is 11.1 Å². The number of allylic oxidation sites excluding steroid dienone is 1. The van der Waals surface area contributed by atoms with E-state index in [0.29, 0.717) is 23.6 Å². The number of nitrogens with zero attached hydrogens (tertiary/aromatic N) is 1. The predicted octanol–water partition coefficient (Wildman–Crippen LogP) is 4.28. The van der Waals surface area contributed by atoms with Crippen molar-refractivity contribution in [2.75, 3.05) is 6.61 Å². The van der Waals surface area contributed by atoms with Crippen molar-refractivity contribution in [1.82, 2.24) is 4.90 Å². The van der Waals surface area contributed by atoms with Crippen LogP contribution in [0.4, 0.5) is 0 Å². The first-order chi connectivity index (χ1) is 12.3. The Morgan fingerprint density at radius 2 is 1.42 bits per heavy atom. The highest BCUT2D eigenvalue weighted by Crippen LogP contribution is 2.31. The van der Waals surface area contributed by atoms with Gasteiger partial charge in [0.25, 0.3) is 5.91 Å². The summed E-state index contributed by atoms with van der Waals surface area (Å²) in [6, 6.07) is 14.7. The van der Waals surface area contributed by atoms with Crippen LogP contribution < -0.4 is 0 Å². The monoisotopic (exact) mass is 349 g/mol. The van der Waals surface area contributed by atoms with Crippen molar-refractivity contribution in [2.24, 2.45) is 0 Å². The third-order valence-electron chi connectivity index (χ3n) is 4.49. The highest BCUT2D eigenvalue weighted by molar-refractivity contribution is 6.05. The van der Waals surface area contributed by atoms with E-state index in [-0.39, 0.29) is 11.7 Å². The molecule has 1 amide bonds. The van der Waals surface area contributed by atoms with E-state index < -0.39 is 5.54 Å². The Morgan fingerprint density at radius 3 is 1.96 bits per heavy atom. The second-order valence-corrected chi connectivity index (χ2v) is 7.32. The van der Waals surface area contributed by atoms with Gasteiger partial charge in [-0.25, -0.2) is 0 Å². The van der Waals surface area contributed by atoms with Gasteiger partial charge >= 0.3 is 0 Å². The zero-order chi connectivity index (χ0) is 18.9. The van der Waals surface area contributed by atoms with Gasteiger partial charge in [-0.1, -0.05) is 47.5 Å². The minimum Gasteiger partial charge on any atom is -0.476 e. The van der Waals surface area contributed by atoms with Crippen LogP contribution >= 0.6 is 0 Å². The molecule has 0 saturated carbocycles. The van der Waals surface area contributed by atoms with Gasteiger partial charge in [-0.15, -0.1) is 0 Å². The predicted molar refractivity (Wildman–Crippen MR) is 101 cm³/mol. The molecule has 134 valence electrons. The van der Waals surface area contributed by atoms with Crippen molar-refractivity contribution in [3.8, 4) is 0 Å². The normalized spacial score (nSPS) is 17.2. The van der Waals surface area contributed by atoms with Gasteiger partial charge in [-0.3, -0.25) is 14.5 Å². The smallest absolute Gasteiger partial charge is 0.261 e. The number of rotatable bonds is 3. The third-order valence-corrected chi connectivity index (χ3v) is 4.49. The number of hydrogen-bond acceptors (Lipinski definition) is 3. The number of hydrogen-bond donors (Lipinski definition) is 0. The van der Waals surface area contributed by atoms with Crippen molar-refractivity contribution in [2.45, 2.75) is 33.2 Å². The molecular weight excluding hydrogens is 326 g/mol. The van der Waals surface area contributed by atoms with Gasteiger partial charge in [0, 0.05) is 17.2 Å². The molecule has 1 saturated heterocycles. The van der Waals surface area contributed by atoms with E-state index in [4.69, 9.17) is 4.74 Å². The highest BCUT2D eigenvalue weighted by atomic mass is 16.5. The molecule has 1 fully saturated rings. The lowest BCUT2D eigenvalue weighted by Gasteiger charge is -2.28. The van der Waals surface area contributed by atoms with Crippen molar-refractivity contribution in [3.05, 3.63) is 82.7 Å². The molecule has 26 heavy (non-hydrogen) atoms. The number of ether oxygens (including phenoxy) is 1. The SMILES string of the molecule is Cc1ccc(C(=O)/C=C2\OCC(C)(C)N2C(=O)c2ccc(C)cc2)cc1. The molecule has 1 heterocycles. The maximum atomic E-state index is 13.0. The minimum absolute atomic E-state index is 0.171. The Balaban J connectivity index is 1.92. The van der Waals surface area contributed by atoms with Crippen LogP contribution in [0, 0.1) is 13.8 Å². The van der Waals surface area contributed by atoms with Crippen LogP contribution in [0.2, 0.25) is 0 Å². The summed E-state index contributed by atoms with van der Waals surface area (Å²) in [5.74, 6) is -0.0546. The number of ketones is 1. The van der Waals surface area contributed by atoms with E-state index in [2.05, 4.69) is 0 Å². The molecule has 0 atom stereocenters. The lowest BCUT2D eigenvalue weighted by molar-refractivity contribution is 0.0709. The average Bonchev–Trinajstić information content (AvgIpc) is 2.89. The van der Waals surface area contributed by atoms with Gasteiger partial charge in [0.2, 0.25) is 5.88 Å². The average molecular weight is 349 g/mol. The van der Waals surface area contributed by atoms with Crippen LogP contribution in [0.25, 0.3) is 0 Å². The number of aryl methyl sites for hydroxylation is 2. The quantitative estimate of drug-likeness (QED) is 0.614. The van der Waals surface area contributed by atoms with Crippen LogP contribution in [-0.2, 0) is 4.74 Å². The molecule has 0 aromatic heterocycles. The van der Waals surface area contributed by atoms with E-state index in [1.165, 1.54) is 6.08 Å². The van der Waals surface area contributed by atoms with Gasteiger partial charge in [-0.2, -0.15) is 0 Å². The summed E-state index contributed by atoms with van der Waals surface area (Å²) in [5, 5.41) is 0. The third kappa shape index (κ3) is 3.54. The largest absolute Gasteiger partial charge is 0.476 e. The second kappa shape index (κ2) is 6.79. The van der Waals surface area contributed by atoms with E-state index in [1.807, 2.05) is 52.0 Å². The van der Waals surface area contributed by atoms with E-state index in [1.54, 1.807) is 29.2 Å². The Labute approximate surface area is 154 Å². The van der Waals surface area contributed by atoms with Gasteiger partial charge in [0.1, 0.15) is 6.61 Å². The number of benzene rings is 2. The zero-order valence-electron chi connectivity index (χ0n) is 15.6. The van der Waals surface area contributed by atoms with Crippen molar-refractivity contribution < 1.29 is 14.3 Å². The molecule has 0 aliphatic carbocycles. The van der Waals surface area contributed by atoms with Gasteiger partial charge in [0.05, 0.1) is 5.54 Å². The summed E-state index contributed by atoms with van der Waals surface area (Å²) in [6.07, 6.45) is 1.41. The number of carbonyl (C=O) groups excluding carboxylic acids is 2. The number of carbonyl (C=O) groups is 2. The summed E-state index contributed by atoms with van der Waals surface area (Å²) in [7, 11) is 0. The molecule has 0 radical (unpaired) electrons. The Kier molecular flexibility index (Phi) is 4.68. The summed E-state index contributed by atoms with van der Waals surface area (Å²) in [5.41, 5.74) is 2.79. The fourth-order valence-electron chi connectivity index (χ4n) is 2.90. The molecule has 0 unspecified atom stereocenters. The molecule has 4 heteroatoms. The second-order valence-electron chi connectivity index (χ2n) is 7.32. The minimum atomic E-state index is -0.526. The Bertz CT molecular complexity index is 861. The first-order valence-corrected chi connectivity index (χ1v) is 8.65. The first-order valence-electron chi connectivity index (χ1n) is 8.65. The van der Waals surface area contributed by atoms with Crippen LogP contribution in [-0.4, -0.2) is 28.7 Å². The molecule has 3 rings (SSSR count). The Hall–Kier alpha value is -2.88. The lowest BCUT2D eigenvalue weighted by atomic mass is 10.0. The summed E-state index contributed by atoms with van der Waals surface area (Å²) in [4.78, 5) is 27.2. The number of amides is 1. The van der Waals surface area contributed by atoms with Crippen molar-refractivity contribution in [1.29, 1.82) is 0 Å². The summed E-state index contributed by atoms with van der Waals surface area (Å²) >= 11 is 0. The van der Waals surface area contributed by atoms with E-state index in [9.17, 15) is 9.59 Å². The molecule has 0 N–H and O–H groups in total. The zero-order valence-corrected chi connectivity index (χ0v) is 15.6. The first kappa shape index (κ1) is 17.9. The molecule has 1 aliphatic rings. The molecule has 1 aliphatic heterocycles. The van der Waals surface area contributed by atoms with Crippen LogP contribution in [0.1, 0.15) is 45.7 Å². The summed E-state index contributed by atoms with van der Waals surface area (Å²) < 4.78 is 5.71. The maximum absolute atomic E-state index is 13.0. The molecule has 0 bridgehead atoms. The van der Waals surface area contributed by atoms with Gasteiger partial charge in [-0.05, 0) is 39.8 Å². The highest BCUT2D eigenvalue weighted by Gasteiger charge is 2.42. The fourth-order valence-corrected chi connectivity index (χ4v) is 2.90. The lowest BCUT2D eigenvalue weighted by Crippen LogP contribution is -2.43. The van der Waals surface area contributed by atoms with Crippen LogP contribution in [0.15, 0.2) is 60.5 Å². The molecular formula is C22H23NO3. The van der Waals surface area contributed by atoms with Crippen LogP contribution in [0.5, 0.6) is 0 Å². The Morgan fingerprint density at radius 1 is 0.923 bits per heavy atom. The molecule has 2 aromatic rings. The van der Waals surface area contributed by atoms with Gasteiger partial charge in [0.15, 0.2) is 5.78 Å². The fraction of sp³-hybridized carbons (Fsp3) is 0.273. The standard InChI is InChI=1S/C22H23NO3/c1-15-5-9-17(10-6-15)19(24)13-20-23(22(3,4)14-26-20)21(25)18-11-7-16(2)8-12-18/h5-13H,14H2,1-4H3/b20-13-. The maximum Gasteiger partial charge on any atom is 0.261 e. The van der Waals surface area contributed by atoms with Crippen LogP contribution in [0.3, 0.4) is 0 Å². The van der Waals surface area contributed by atoms with E-state index >= 15 is 0 Å². The molecule has 2 aromatic carbocycles. The van der Waals surface area contributed by atoms with Gasteiger partial charge < -0.3 is 4.74 Å². The molecule has 0 spiro atoms. The summed E-state index contributed by atoms with van der Waals surface area (Å²) in [6.45, 7) is 8.14. The van der Waals surface area contributed by atoms with Crippen molar-refractivity contribution >= 4 is 11.7 Å². The van der Waals surface area contributed by atoms with Crippen molar-refractivity contribution in [3.63, 3.8) is 0 Å².